The molecule has 3 aromatic heterocycles. The number of ether oxygens (including phenoxy) is 1. The number of benzene rings is 1. The van der Waals surface area contributed by atoms with E-state index in [1.807, 2.05) is 26.4 Å². The second-order valence-corrected chi connectivity index (χ2v) is 8.56. The average Bonchev–Trinajstić information content (AvgIpc) is 3.50. The first-order chi connectivity index (χ1) is 15.6. The lowest BCUT2D eigenvalue weighted by molar-refractivity contribution is 0.0271. The van der Waals surface area contributed by atoms with E-state index in [9.17, 15) is 4.79 Å². The third-order valence-electron chi connectivity index (χ3n) is 6.53. The molecule has 1 aromatic carbocycles. The minimum absolute atomic E-state index is 0.0158. The van der Waals surface area contributed by atoms with E-state index in [1.54, 1.807) is 10.7 Å². The van der Waals surface area contributed by atoms with E-state index >= 15 is 0 Å². The summed E-state index contributed by atoms with van der Waals surface area (Å²) < 4.78 is 10.0. The van der Waals surface area contributed by atoms with Crippen LogP contribution in [0.2, 0.25) is 0 Å². The van der Waals surface area contributed by atoms with Crippen LogP contribution in [0.4, 0.5) is 17.2 Å². The minimum atomic E-state index is -0.189. The first-order valence-corrected chi connectivity index (χ1v) is 10.9. The molecule has 3 N–H and O–H groups in total. The molecule has 1 aliphatic heterocycles. The fourth-order valence-electron chi connectivity index (χ4n) is 4.86. The van der Waals surface area contributed by atoms with Gasteiger partial charge in [0, 0.05) is 37.4 Å². The number of aromatic nitrogens is 4. The molecule has 6 rings (SSSR count). The highest BCUT2D eigenvalue weighted by atomic mass is 16.5. The molecule has 4 bridgehead atoms. The molecule has 1 saturated carbocycles. The SMILES string of the molecule is CNc1cc2nn3c(cnc13)C(=O)N[C@@H]1CCC[C@@H]1OCc1cc(c3ccn(C)c3c1)N2. The van der Waals surface area contributed by atoms with Crippen molar-refractivity contribution in [3.63, 3.8) is 0 Å². The largest absolute Gasteiger partial charge is 0.385 e. The number of amides is 1. The number of carbonyl (C=O) groups excluding carboxylic acids is 1. The van der Waals surface area contributed by atoms with E-state index in [2.05, 4.69) is 43.7 Å². The van der Waals surface area contributed by atoms with Gasteiger partial charge in [-0.05, 0) is 43.0 Å². The summed E-state index contributed by atoms with van der Waals surface area (Å²) in [5.41, 5.74) is 4.94. The van der Waals surface area contributed by atoms with E-state index in [-0.39, 0.29) is 18.1 Å². The summed E-state index contributed by atoms with van der Waals surface area (Å²) in [6.45, 7) is 0.485. The van der Waals surface area contributed by atoms with Gasteiger partial charge >= 0.3 is 0 Å². The number of fused-ring (bicyclic) bond motifs is 6. The van der Waals surface area contributed by atoms with Gasteiger partial charge in [0.05, 0.1) is 36.2 Å². The van der Waals surface area contributed by atoms with Crippen molar-refractivity contribution < 1.29 is 9.53 Å². The third-order valence-corrected chi connectivity index (χ3v) is 6.53. The number of hydrogen-bond donors (Lipinski definition) is 3. The summed E-state index contributed by atoms with van der Waals surface area (Å²) in [6.07, 6.45) is 6.47. The Morgan fingerprint density at radius 3 is 3.03 bits per heavy atom. The average molecular weight is 432 g/mol. The van der Waals surface area contributed by atoms with E-state index in [4.69, 9.17) is 9.84 Å². The molecule has 2 aliphatic rings. The van der Waals surface area contributed by atoms with Gasteiger partial charge in [-0.1, -0.05) is 0 Å². The van der Waals surface area contributed by atoms with Gasteiger partial charge in [0.25, 0.3) is 5.91 Å². The van der Waals surface area contributed by atoms with Crippen molar-refractivity contribution in [1.82, 2.24) is 24.5 Å². The molecule has 164 valence electrons. The summed E-state index contributed by atoms with van der Waals surface area (Å²) in [5, 5.41) is 15.6. The van der Waals surface area contributed by atoms with Crippen LogP contribution in [0.1, 0.15) is 35.3 Å². The van der Waals surface area contributed by atoms with Gasteiger partial charge in [-0.2, -0.15) is 0 Å². The van der Waals surface area contributed by atoms with Crippen LogP contribution in [0.15, 0.2) is 36.7 Å². The van der Waals surface area contributed by atoms with Crippen molar-refractivity contribution in [2.45, 2.75) is 38.0 Å². The van der Waals surface area contributed by atoms with E-state index in [0.717, 1.165) is 47.1 Å². The molecular weight excluding hydrogens is 406 g/mol. The predicted octanol–water partition coefficient (Wildman–Crippen LogP) is 3.19. The smallest absolute Gasteiger partial charge is 0.271 e. The Morgan fingerprint density at radius 1 is 1.25 bits per heavy atom. The normalized spacial score (nSPS) is 20.8. The Labute approximate surface area is 184 Å². The molecule has 0 unspecified atom stereocenters. The first kappa shape index (κ1) is 19.1. The lowest BCUT2D eigenvalue weighted by Crippen LogP contribution is -2.41. The lowest BCUT2D eigenvalue weighted by atomic mass is 10.1. The molecule has 1 amide bonds. The zero-order valence-electron chi connectivity index (χ0n) is 18.1. The maximum atomic E-state index is 13.1. The standard InChI is InChI=1S/C23H25N7O2/c1-24-17-10-21-26-16-8-13(9-18-14(16)6-7-29(18)2)12-32-20-5-3-4-15(20)27-23(31)19-11-25-22(17)30(19)28-21/h6-11,15,20,24H,3-5,12H2,1-2H3,(H,26,28)(H,27,31)/t15-,20+/m1/s1. The molecule has 9 heteroatoms. The lowest BCUT2D eigenvalue weighted by Gasteiger charge is -2.22. The maximum absolute atomic E-state index is 13.1. The zero-order valence-corrected chi connectivity index (χ0v) is 18.1. The van der Waals surface area contributed by atoms with Crippen molar-refractivity contribution in [1.29, 1.82) is 0 Å². The summed E-state index contributed by atoms with van der Waals surface area (Å²) in [7, 11) is 3.88. The first-order valence-electron chi connectivity index (χ1n) is 10.9. The summed E-state index contributed by atoms with van der Waals surface area (Å²) in [5.74, 6) is 0.429. The molecule has 32 heavy (non-hydrogen) atoms. The second-order valence-electron chi connectivity index (χ2n) is 8.56. The van der Waals surface area contributed by atoms with E-state index in [1.165, 1.54) is 0 Å². The fourth-order valence-corrected chi connectivity index (χ4v) is 4.86. The monoisotopic (exact) mass is 431 g/mol. The van der Waals surface area contributed by atoms with Crippen molar-refractivity contribution in [3.05, 3.63) is 47.9 Å². The van der Waals surface area contributed by atoms with Crippen LogP contribution in [0, 0.1) is 0 Å². The number of aryl methyl sites for hydroxylation is 1. The number of imidazole rings is 1. The number of carbonyl (C=O) groups is 1. The Balaban J connectivity index is 1.56. The van der Waals surface area contributed by atoms with Gasteiger partial charge in [0.15, 0.2) is 17.2 Å². The summed E-state index contributed by atoms with van der Waals surface area (Å²) >= 11 is 0. The maximum Gasteiger partial charge on any atom is 0.271 e. The third kappa shape index (κ3) is 3.00. The minimum Gasteiger partial charge on any atom is -0.385 e. The van der Waals surface area contributed by atoms with Crippen LogP contribution >= 0.6 is 0 Å². The Morgan fingerprint density at radius 2 is 2.16 bits per heavy atom. The quantitative estimate of drug-likeness (QED) is 0.428. The van der Waals surface area contributed by atoms with Gasteiger partial charge < -0.3 is 25.3 Å². The Bertz CT molecular complexity index is 1360. The molecule has 0 radical (unpaired) electrons. The van der Waals surface area contributed by atoms with Crippen LogP contribution in [0.5, 0.6) is 0 Å². The van der Waals surface area contributed by atoms with Crippen LogP contribution in [0.25, 0.3) is 16.6 Å². The molecule has 0 saturated heterocycles. The Kier molecular flexibility index (Phi) is 4.32. The molecule has 2 atom stereocenters. The van der Waals surface area contributed by atoms with Gasteiger partial charge in [0.1, 0.15) is 0 Å². The molecule has 1 fully saturated rings. The highest BCUT2D eigenvalue weighted by molar-refractivity contribution is 5.96. The number of anilines is 3. The molecule has 4 aromatic rings. The van der Waals surface area contributed by atoms with Crippen LogP contribution in [0.3, 0.4) is 0 Å². The summed E-state index contributed by atoms with van der Waals surface area (Å²) in [4.78, 5) is 17.6. The molecule has 4 heterocycles. The van der Waals surface area contributed by atoms with Crippen LogP contribution in [-0.2, 0) is 18.4 Å². The zero-order chi connectivity index (χ0) is 21.8. The van der Waals surface area contributed by atoms with Crippen molar-refractivity contribution in [3.8, 4) is 0 Å². The van der Waals surface area contributed by atoms with Crippen LogP contribution in [-0.4, -0.2) is 44.3 Å². The highest BCUT2D eigenvalue weighted by Gasteiger charge is 2.31. The second kappa shape index (κ2) is 7.23. The number of rotatable bonds is 1. The van der Waals surface area contributed by atoms with Crippen molar-refractivity contribution >= 4 is 39.6 Å². The number of nitrogens with zero attached hydrogens (tertiary/aromatic N) is 4. The van der Waals surface area contributed by atoms with Crippen molar-refractivity contribution in [2.75, 3.05) is 17.7 Å². The summed E-state index contributed by atoms with van der Waals surface area (Å²) in [6, 6.07) is 8.25. The number of nitrogens with one attached hydrogen (secondary N) is 3. The van der Waals surface area contributed by atoms with Gasteiger partial charge in [-0.3, -0.25) is 4.79 Å². The van der Waals surface area contributed by atoms with Gasteiger partial charge in [-0.15, -0.1) is 5.10 Å². The number of hydrogen-bond acceptors (Lipinski definition) is 6. The van der Waals surface area contributed by atoms with Gasteiger partial charge in [-0.25, -0.2) is 9.50 Å². The van der Waals surface area contributed by atoms with E-state index < -0.39 is 0 Å². The molecule has 9 nitrogen and oxygen atoms in total. The fraction of sp³-hybridized carbons (Fsp3) is 0.348. The molecular formula is C23H25N7O2. The molecule has 0 spiro atoms. The topological polar surface area (TPSA) is 97.5 Å². The van der Waals surface area contributed by atoms with Crippen LogP contribution < -0.4 is 16.0 Å². The predicted molar refractivity (Wildman–Crippen MR) is 122 cm³/mol. The van der Waals surface area contributed by atoms with Gasteiger partial charge in [0.2, 0.25) is 0 Å². The Hall–Kier alpha value is -3.59. The highest BCUT2D eigenvalue weighted by Crippen LogP contribution is 2.32. The van der Waals surface area contributed by atoms with E-state index in [0.29, 0.717) is 23.8 Å². The molecule has 1 aliphatic carbocycles. The van der Waals surface area contributed by atoms with Crippen molar-refractivity contribution in [2.24, 2.45) is 7.05 Å².